The van der Waals surface area contributed by atoms with Crippen molar-refractivity contribution < 1.29 is 5.11 Å². The van der Waals surface area contributed by atoms with Crippen LogP contribution >= 0.6 is 0 Å². The number of aromatic hydroxyl groups is 1. The predicted molar refractivity (Wildman–Crippen MR) is 89.0 cm³/mol. The molecule has 1 fully saturated rings. The first-order chi connectivity index (χ1) is 10.8. The van der Waals surface area contributed by atoms with Gasteiger partial charge in [-0.1, -0.05) is 36.4 Å². The summed E-state index contributed by atoms with van der Waals surface area (Å²) in [7, 11) is 0. The lowest BCUT2D eigenvalue weighted by molar-refractivity contribution is 0.0830. The monoisotopic (exact) mass is 293 g/mol. The van der Waals surface area contributed by atoms with Gasteiger partial charge in [-0.05, 0) is 67.0 Å². The second kappa shape index (κ2) is 5.77. The Morgan fingerprint density at radius 3 is 2.77 bits per heavy atom. The van der Waals surface area contributed by atoms with Gasteiger partial charge >= 0.3 is 0 Å². The first-order valence-electron chi connectivity index (χ1n) is 8.41. The zero-order valence-electron chi connectivity index (χ0n) is 12.9. The van der Waals surface area contributed by atoms with Gasteiger partial charge in [0.15, 0.2) is 0 Å². The average Bonchev–Trinajstić information content (AvgIpc) is 2.55. The van der Waals surface area contributed by atoms with Crippen molar-refractivity contribution in [2.24, 2.45) is 5.92 Å². The van der Waals surface area contributed by atoms with Gasteiger partial charge in [0, 0.05) is 12.6 Å². The number of rotatable bonds is 2. The second-order valence-corrected chi connectivity index (χ2v) is 6.71. The number of phenolic OH excluding ortho intramolecular Hbond substituents is 1. The number of hydrogen-bond acceptors (Lipinski definition) is 2. The summed E-state index contributed by atoms with van der Waals surface area (Å²) in [5.74, 6) is 1.09. The second-order valence-electron chi connectivity index (χ2n) is 6.71. The first kappa shape index (κ1) is 13.8. The van der Waals surface area contributed by atoms with E-state index in [0.717, 1.165) is 19.4 Å². The predicted octanol–water partition coefficient (Wildman–Crippen LogP) is 3.94. The van der Waals surface area contributed by atoms with Crippen molar-refractivity contribution in [3.63, 3.8) is 0 Å². The number of piperidine rings is 1. The maximum atomic E-state index is 9.77. The van der Waals surface area contributed by atoms with Crippen molar-refractivity contribution in [3.8, 4) is 5.75 Å². The maximum absolute atomic E-state index is 9.77. The molecule has 0 bridgehead atoms. The molecule has 0 radical (unpaired) electrons. The molecule has 2 atom stereocenters. The SMILES string of the molecule is Oc1ccc2c(c1)CCN1CCCC(Cc3ccccc3)C21. The number of phenols is 1. The van der Waals surface area contributed by atoms with Crippen LogP contribution in [0.25, 0.3) is 0 Å². The normalized spacial score (nSPS) is 24.5. The van der Waals surface area contributed by atoms with Crippen LogP contribution in [0.2, 0.25) is 0 Å². The van der Waals surface area contributed by atoms with Gasteiger partial charge < -0.3 is 5.11 Å². The van der Waals surface area contributed by atoms with Crippen molar-refractivity contribution in [2.45, 2.75) is 31.7 Å². The Bertz CT molecular complexity index is 652. The summed E-state index contributed by atoms with van der Waals surface area (Å²) in [4.78, 5) is 2.66. The topological polar surface area (TPSA) is 23.5 Å². The summed E-state index contributed by atoms with van der Waals surface area (Å²) in [6, 6.07) is 17.4. The number of fused-ring (bicyclic) bond motifs is 3. The Morgan fingerprint density at radius 1 is 1.05 bits per heavy atom. The molecule has 2 aliphatic heterocycles. The highest BCUT2D eigenvalue weighted by Gasteiger charge is 2.36. The molecule has 1 saturated heterocycles. The lowest BCUT2D eigenvalue weighted by atomic mass is 9.77. The van der Waals surface area contributed by atoms with E-state index in [1.807, 2.05) is 12.1 Å². The molecule has 0 aromatic heterocycles. The standard InChI is InChI=1S/C20H23NO/c22-18-8-9-19-16(14-18)10-12-21-11-4-7-17(20(19)21)13-15-5-2-1-3-6-15/h1-3,5-6,8-9,14,17,20,22H,4,7,10-13H2. The van der Waals surface area contributed by atoms with Gasteiger partial charge in [-0.3, -0.25) is 4.90 Å². The molecule has 0 aliphatic carbocycles. The fourth-order valence-electron chi connectivity index (χ4n) is 4.34. The molecule has 114 valence electrons. The molecule has 2 aromatic carbocycles. The summed E-state index contributed by atoms with van der Waals surface area (Å²) in [6.45, 7) is 2.35. The largest absolute Gasteiger partial charge is 0.508 e. The lowest BCUT2D eigenvalue weighted by Crippen LogP contribution is -2.43. The van der Waals surface area contributed by atoms with Crippen LogP contribution in [0.5, 0.6) is 5.75 Å². The van der Waals surface area contributed by atoms with E-state index in [9.17, 15) is 5.11 Å². The van der Waals surface area contributed by atoms with E-state index in [1.54, 1.807) is 0 Å². The Hall–Kier alpha value is -1.80. The highest BCUT2D eigenvalue weighted by Crippen LogP contribution is 2.42. The van der Waals surface area contributed by atoms with Crippen LogP contribution in [0, 0.1) is 5.92 Å². The molecule has 0 amide bonds. The van der Waals surface area contributed by atoms with E-state index in [2.05, 4.69) is 41.3 Å². The fraction of sp³-hybridized carbons (Fsp3) is 0.400. The molecule has 2 unspecified atom stereocenters. The van der Waals surface area contributed by atoms with Crippen LogP contribution in [0.1, 0.15) is 35.6 Å². The molecule has 2 aromatic rings. The summed E-state index contributed by atoms with van der Waals surface area (Å²) < 4.78 is 0. The molecule has 2 heteroatoms. The Balaban J connectivity index is 1.66. The van der Waals surface area contributed by atoms with E-state index in [-0.39, 0.29) is 0 Å². The molecular weight excluding hydrogens is 270 g/mol. The van der Waals surface area contributed by atoms with Gasteiger partial charge in [-0.15, -0.1) is 0 Å². The van der Waals surface area contributed by atoms with Crippen LogP contribution in [-0.4, -0.2) is 23.1 Å². The van der Waals surface area contributed by atoms with Gasteiger partial charge in [-0.25, -0.2) is 0 Å². The minimum atomic E-state index is 0.405. The van der Waals surface area contributed by atoms with E-state index >= 15 is 0 Å². The van der Waals surface area contributed by atoms with Gasteiger partial charge in [0.05, 0.1) is 0 Å². The lowest BCUT2D eigenvalue weighted by Gasteiger charge is -2.45. The molecule has 0 spiro atoms. The number of benzene rings is 2. The number of hydrogen-bond donors (Lipinski definition) is 1. The molecule has 4 rings (SSSR count). The van der Waals surface area contributed by atoms with Gasteiger partial charge in [0.1, 0.15) is 5.75 Å². The van der Waals surface area contributed by atoms with Crippen LogP contribution < -0.4 is 0 Å². The molecular formula is C20H23NO. The van der Waals surface area contributed by atoms with E-state index in [4.69, 9.17) is 0 Å². The zero-order chi connectivity index (χ0) is 14.9. The molecule has 0 saturated carbocycles. The number of nitrogens with zero attached hydrogens (tertiary/aromatic N) is 1. The zero-order valence-corrected chi connectivity index (χ0v) is 12.9. The quantitative estimate of drug-likeness (QED) is 0.906. The van der Waals surface area contributed by atoms with Crippen molar-refractivity contribution >= 4 is 0 Å². The van der Waals surface area contributed by atoms with Crippen LogP contribution in [-0.2, 0) is 12.8 Å². The summed E-state index contributed by atoms with van der Waals surface area (Å²) in [5.41, 5.74) is 4.24. The molecule has 2 heterocycles. The molecule has 2 nitrogen and oxygen atoms in total. The highest BCUT2D eigenvalue weighted by atomic mass is 16.3. The smallest absolute Gasteiger partial charge is 0.115 e. The molecule has 22 heavy (non-hydrogen) atoms. The Morgan fingerprint density at radius 2 is 1.91 bits per heavy atom. The van der Waals surface area contributed by atoms with E-state index in [0.29, 0.717) is 17.7 Å². The molecule has 1 N–H and O–H groups in total. The molecule has 2 aliphatic rings. The first-order valence-corrected chi connectivity index (χ1v) is 8.41. The summed E-state index contributed by atoms with van der Waals surface area (Å²) in [6.07, 6.45) is 4.83. The van der Waals surface area contributed by atoms with Crippen LogP contribution in [0.15, 0.2) is 48.5 Å². The van der Waals surface area contributed by atoms with Gasteiger partial charge in [0.25, 0.3) is 0 Å². The van der Waals surface area contributed by atoms with Crippen LogP contribution in [0.3, 0.4) is 0 Å². The third kappa shape index (κ3) is 2.52. The highest BCUT2D eigenvalue weighted by molar-refractivity contribution is 5.39. The third-order valence-electron chi connectivity index (χ3n) is 5.31. The minimum Gasteiger partial charge on any atom is -0.508 e. The third-order valence-corrected chi connectivity index (χ3v) is 5.31. The maximum Gasteiger partial charge on any atom is 0.115 e. The minimum absolute atomic E-state index is 0.405. The van der Waals surface area contributed by atoms with Gasteiger partial charge in [-0.2, -0.15) is 0 Å². The summed E-state index contributed by atoms with van der Waals surface area (Å²) in [5, 5.41) is 9.77. The summed E-state index contributed by atoms with van der Waals surface area (Å²) >= 11 is 0. The van der Waals surface area contributed by atoms with Gasteiger partial charge in [0.2, 0.25) is 0 Å². The Kier molecular flexibility index (Phi) is 3.63. The van der Waals surface area contributed by atoms with Crippen molar-refractivity contribution in [1.29, 1.82) is 0 Å². The van der Waals surface area contributed by atoms with Crippen molar-refractivity contribution in [1.82, 2.24) is 4.90 Å². The Labute approximate surface area is 132 Å². The average molecular weight is 293 g/mol. The van der Waals surface area contributed by atoms with Crippen molar-refractivity contribution in [3.05, 3.63) is 65.2 Å². The van der Waals surface area contributed by atoms with E-state index < -0.39 is 0 Å². The van der Waals surface area contributed by atoms with Crippen LogP contribution in [0.4, 0.5) is 0 Å². The van der Waals surface area contributed by atoms with Crippen molar-refractivity contribution in [2.75, 3.05) is 13.1 Å². The van der Waals surface area contributed by atoms with E-state index in [1.165, 1.54) is 36.1 Å². The fourth-order valence-corrected chi connectivity index (χ4v) is 4.34.